The van der Waals surface area contributed by atoms with Crippen LogP contribution in [0.25, 0.3) is 17.4 Å². The lowest BCUT2D eigenvalue weighted by atomic mass is 10.1. The van der Waals surface area contributed by atoms with Gasteiger partial charge >= 0.3 is 5.97 Å². The zero-order chi connectivity index (χ0) is 21.5. The van der Waals surface area contributed by atoms with Gasteiger partial charge in [-0.25, -0.2) is 9.18 Å². The Bertz CT molecular complexity index is 1060. The molecule has 3 rings (SSSR count). The number of nitrogens with one attached hydrogen (secondary N) is 1. The monoisotopic (exact) mass is 409 g/mol. The van der Waals surface area contributed by atoms with Crippen LogP contribution < -0.4 is 10.1 Å². The molecule has 0 aliphatic heterocycles. The van der Waals surface area contributed by atoms with Crippen LogP contribution in [0.2, 0.25) is 0 Å². The quantitative estimate of drug-likeness (QED) is 0.453. The second-order valence-corrected chi connectivity index (χ2v) is 6.31. The van der Waals surface area contributed by atoms with Crippen LogP contribution in [0.4, 0.5) is 10.1 Å². The Balaban J connectivity index is 1.55. The Morgan fingerprint density at radius 2 is 1.80 bits per heavy atom. The number of rotatable bonds is 7. The van der Waals surface area contributed by atoms with Crippen molar-refractivity contribution < 1.29 is 27.9 Å². The lowest BCUT2D eigenvalue weighted by molar-refractivity contribution is -0.148. The van der Waals surface area contributed by atoms with E-state index in [-0.39, 0.29) is 0 Å². The molecule has 2 aromatic carbocycles. The minimum absolute atomic E-state index is 0.323. The number of esters is 1. The average molecular weight is 409 g/mol. The van der Waals surface area contributed by atoms with E-state index in [0.29, 0.717) is 28.5 Å². The van der Waals surface area contributed by atoms with Gasteiger partial charge in [-0.3, -0.25) is 4.79 Å². The van der Waals surface area contributed by atoms with E-state index in [1.165, 1.54) is 19.1 Å². The van der Waals surface area contributed by atoms with Gasteiger partial charge in [0.1, 0.15) is 23.1 Å². The highest BCUT2D eigenvalue weighted by atomic mass is 19.1. The molecule has 1 aromatic heterocycles. The van der Waals surface area contributed by atoms with Crippen LogP contribution in [-0.2, 0) is 14.3 Å². The highest BCUT2D eigenvalue weighted by molar-refractivity contribution is 5.96. The van der Waals surface area contributed by atoms with Gasteiger partial charge in [-0.1, -0.05) is 12.1 Å². The molecule has 0 bridgehead atoms. The summed E-state index contributed by atoms with van der Waals surface area (Å²) in [5.74, 6) is -0.237. The van der Waals surface area contributed by atoms with Crippen molar-refractivity contribution in [2.24, 2.45) is 0 Å². The molecule has 1 atom stereocenters. The maximum atomic E-state index is 13.8. The summed E-state index contributed by atoms with van der Waals surface area (Å²) in [5.41, 5.74) is 0.874. The smallest absolute Gasteiger partial charge is 0.331 e. The molecule has 1 N–H and O–H groups in total. The fourth-order valence-corrected chi connectivity index (χ4v) is 2.58. The number of benzene rings is 2. The summed E-state index contributed by atoms with van der Waals surface area (Å²) in [6.07, 6.45) is 1.52. The molecule has 0 unspecified atom stereocenters. The Kier molecular flexibility index (Phi) is 6.64. The summed E-state index contributed by atoms with van der Waals surface area (Å²) in [6.45, 7) is 1.47. The first-order valence-electron chi connectivity index (χ1n) is 9.14. The Morgan fingerprint density at radius 3 is 2.50 bits per heavy atom. The fourth-order valence-electron chi connectivity index (χ4n) is 2.58. The maximum absolute atomic E-state index is 13.8. The Hall–Kier alpha value is -3.87. The summed E-state index contributed by atoms with van der Waals surface area (Å²) in [7, 11) is 1.55. The van der Waals surface area contributed by atoms with Gasteiger partial charge in [-0.05, 0) is 61.5 Å². The lowest BCUT2D eigenvalue weighted by Crippen LogP contribution is -2.29. The summed E-state index contributed by atoms with van der Waals surface area (Å²) < 4.78 is 29.5. The summed E-state index contributed by atoms with van der Waals surface area (Å²) >= 11 is 0. The molecule has 3 aromatic rings. The number of hydrogen-bond acceptors (Lipinski definition) is 5. The molecule has 30 heavy (non-hydrogen) atoms. The lowest BCUT2D eigenvalue weighted by Gasteiger charge is -2.12. The minimum Gasteiger partial charge on any atom is -0.497 e. The van der Waals surface area contributed by atoms with Crippen LogP contribution in [0.3, 0.4) is 0 Å². The SMILES string of the molecule is COc1ccc(NC(=O)[C@@H](C)OC(=O)/C=C/c2ccc(-c3ccccc3F)o2)cc1. The highest BCUT2D eigenvalue weighted by Crippen LogP contribution is 2.25. The molecule has 1 amide bonds. The zero-order valence-corrected chi connectivity index (χ0v) is 16.4. The van der Waals surface area contributed by atoms with Crippen molar-refractivity contribution in [1.29, 1.82) is 0 Å². The molecular weight excluding hydrogens is 389 g/mol. The number of furan rings is 1. The molecule has 7 heteroatoms. The minimum atomic E-state index is -1.00. The molecule has 0 aliphatic carbocycles. The summed E-state index contributed by atoms with van der Waals surface area (Å²) in [6, 6.07) is 16.2. The van der Waals surface area contributed by atoms with Crippen molar-refractivity contribution in [3.63, 3.8) is 0 Å². The van der Waals surface area contributed by atoms with Crippen LogP contribution in [-0.4, -0.2) is 25.1 Å². The van der Waals surface area contributed by atoms with Crippen molar-refractivity contribution in [2.45, 2.75) is 13.0 Å². The van der Waals surface area contributed by atoms with E-state index in [2.05, 4.69) is 5.32 Å². The highest BCUT2D eigenvalue weighted by Gasteiger charge is 2.17. The number of ether oxygens (including phenoxy) is 2. The van der Waals surface area contributed by atoms with E-state index in [0.717, 1.165) is 6.08 Å². The van der Waals surface area contributed by atoms with E-state index in [1.54, 1.807) is 61.7 Å². The van der Waals surface area contributed by atoms with Crippen LogP contribution in [0.15, 0.2) is 71.2 Å². The number of carbonyl (C=O) groups is 2. The first-order valence-corrected chi connectivity index (χ1v) is 9.14. The third-order valence-corrected chi connectivity index (χ3v) is 4.17. The maximum Gasteiger partial charge on any atom is 0.331 e. The summed E-state index contributed by atoms with van der Waals surface area (Å²) in [5, 5.41) is 2.65. The summed E-state index contributed by atoms with van der Waals surface area (Å²) in [4.78, 5) is 24.2. The van der Waals surface area contributed by atoms with Crippen molar-refractivity contribution in [2.75, 3.05) is 12.4 Å². The van der Waals surface area contributed by atoms with Crippen molar-refractivity contribution in [3.8, 4) is 17.1 Å². The third-order valence-electron chi connectivity index (χ3n) is 4.17. The van der Waals surface area contributed by atoms with Gasteiger partial charge in [-0.15, -0.1) is 0 Å². The molecule has 0 spiro atoms. The van der Waals surface area contributed by atoms with Gasteiger partial charge in [0, 0.05) is 11.8 Å². The molecule has 6 nitrogen and oxygen atoms in total. The largest absolute Gasteiger partial charge is 0.497 e. The second-order valence-electron chi connectivity index (χ2n) is 6.31. The number of methoxy groups -OCH3 is 1. The standard InChI is InChI=1S/C23H20FNO5/c1-15(23(27)25-16-7-9-17(28-2)10-8-16)29-22(26)14-12-18-11-13-21(30-18)19-5-3-4-6-20(19)24/h3-15H,1-2H3,(H,25,27)/b14-12+/t15-/m1/s1. The van der Waals surface area contributed by atoms with Crippen LogP contribution >= 0.6 is 0 Å². The average Bonchev–Trinajstić information content (AvgIpc) is 3.22. The van der Waals surface area contributed by atoms with E-state index < -0.39 is 23.8 Å². The van der Waals surface area contributed by atoms with E-state index in [9.17, 15) is 14.0 Å². The molecule has 0 fully saturated rings. The van der Waals surface area contributed by atoms with Gasteiger partial charge < -0.3 is 19.2 Å². The molecule has 0 aliphatic rings. The first-order chi connectivity index (χ1) is 14.5. The first kappa shape index (κ1) is 20.9. The van der Waals surface area contributed by atoms with Crippen molar-refractivity contribution in [3.05, 3.63) is 78.3 Å². The van der Waals surface area contributed by atoms with Gasteiger partial charge in [0.25, 0.3) is 5.91 Å². The van der Waals surface area contributed by atoms with Gasteiger partial charge in [0.2, 0.25) is 0 Å². The van der Waals surface area contributed by atoms with Crippen LogP contribution in [0, 0.1) is 5.82 Å². The molecule has 154 valence electrons. The van der Waals surface area contributed by atoms with Gasteiger partial charge in [-0.2, -0.15) is 0 Å². The molecule has 0 saturated heterocycles. The predicted molar refractivity (Wildman–Crippen MR) is 110 cm³/mol. The number of anilines is 1. The number of halogens is 1. The fraction of sp³-hybridized carbons (Fsp3) is 0.130. The predicted octanol–water partition coefficient (Wildman–Crippen LogP) is 4.68. The van der Waals surface area contributed by atoms with Gasteiger partial charge in [0.15, 0.2) is 6.10 Å². The number of amides is 1. The second kappa shape index (κ2) is 9.56. The molecular formula is C23H20FNO5. The molecule has 0 radical (unpaired) electrons. The van der Waals surface area contributed by atoms with Crippen molar-refractivity contribution >= 4 is 23.6 Å². The normalized spacial score (nSPS) is 11.8. The third kappa shape index (κ3) is 5.35. The van der Waals surface area contributed by atoms with Gasteiger partial charge in [0.05, 0.1) is 12.7 Å². The zero-order valence-electron chi connectivity index (χ0n) is 16.4. The Labute approximate surface area is 172 Å². The van der Waals surface area contributed by atoms with E-state index >= 15 is 0 Å². The van der Waals surface area contributed by atoms with E-state index in [1.807, 2.05) is 0 Å². The topological polar surface area (TPSA) is 77.8 Å². The Morgan fingerprint density at radius 1 is 1.07 bits per heavy atom. The van der Waals surface area contributed by atoms with Crippen molar-refractivity contribution in [1.82, 2.24) is 0 Å². The molecule has 1 heterocycles. The molecule has 0 saturated carbocycles. The van der Waals surface area contributed by atoms with Crippen LogP contribution in [0.1, 0.15) is 12.7 Å². The number of hydrogen-bond donors (Lipinski definition) is 1. The van der Waals surface area contributed by atoms with Crippen LogP contribution in [0.5, 0.6) is 5.75 Å². The number of carbonyl (C=O) groups excluding carboxylic acids is 2. The van der Waals surface area contributed by atoms with E-state index in [4.69, 9.17) is 13.9 Å².